The minimum Gasteiger partial charge on any atom is -0.334 e. The average Bonchev–Trinajstić information content (AvgIpc) is 2.82. The average molecular weight is 306 g/mol. The maximum atomic E-state index is 6.13. The molecule has 3 nitrogen and oxygen atoms in total. The fraction of sp³-hybridized carbons (Fsp3) is 0.333. The zero-order valence-corrected chi connectivity index (χ0v) is 11.9. The fourth-order valence-corrected chi connectivity index (χ4v) is 2.10. The second-order valence-corrected chi connectivity index (χ2v) is 5.18. The Morgan fingerprint density at radius 3 is 2.72 bits per heavy atom. The predicted molar refractivity (Wildman–Crippen MR) is 73.3 cm³/mol. The summed E-state index contributed by atoms with van der Waals surface area (Å²) < 4.78 is 5.17. The highest BCUT2D eigenvalue weighted by molar-refractivity contribution is 6.42. The van der Waals surface area contributed by atoms with Crippen molar-refractivity contribution in [1.82, 2.24) is 10.1 Å². The first-order chi connectivity index (χ1) is 8.61. The van der Waals surface area contributed by atoms with E-state index < -0.39 is 0 Å². The summed E-state index contributed by atoms with van der Waals surface area (Å²) in [4.78, 5) is 4.26. The van der Waals surface area contributed by atoms with Gasteiger partial charge in [-0.1, -0.05) is 41.7 Å². The molecule has 1 aromatic heterocycles. The molecule has 0 fully saturated rings. The highest BCUT2D eigenvalue weighted by Gasteiger charge is 2.16. The van der Waals surface area contributed by atoms with Crippen LogP contribution in [0.15, 0.2) is 22.7 Å². The van der Waals surface area contributed by atoms with Gasteiger partial charge in [-0.15, -0.1) is 11.6 Å². The van der Waals surface area contributed by atoms with Crippen molar-refractivity contribution in [3.8, 4) is 11.5 Å². The minimum atomic E-state index is -0.227. The molecule has 18 heavy (non-hydrogen) atoms. The molecular weight excluding hydrogens is 295 g/mol. The van der Waals surface area contributed by atoms with E-state index in [1.807, 2.05) is 0 Å². The van der Waals surface area contributed by atoms with Crippen LogP contribution < -0.4 is 0 Å². The molecule has 96 valence electrons. The van der Waals surface area contributed by atoms with Crippen molar-refractivity contribution in [2.45, 2.75) is 25.1 Å². The molecule has 1 aromatic carbocycles. The van der Waals surface area contributed by atoms with E-state index in [0.29, 0.717) is 21.8 Å². The van der Waals surface area contributed by atoms with Crippen molar-refractivity contribution in [3.05, 3.63) is 34.1 Å². The third-order valence-electron chi connectivity index (χ3n) is 2.43. The number of benzene rings is 1. The van der Waals surface area contributed by atoms with Crippen LogP contribution in [0, 0.1) is 0 Å². The molecule has 0 saturated heterocycles. The molecule has 2 aromatic rings. The van der Waals surface area contributed by atoms with Crippen LogP contribution in [0.4, 0.5) is 0 Å². The summed E-state index contributed by atoms with van der Waals surface area (Å²) in [5.74, 6) is 0.893. The van der Waals surface area contributed by atoms with Crippen molar-refractivity contribution < 1.29 is 4.52 Å². The van der Waals surface area contributed by atoms with Crippen LogP contribution in [-0.2, 0) is 0 Å². The number of nitrogens with zero attached hydrogens (tertiary/aromatic N) is 2. The van der Waals surface area contributed by atoms with Gasteiger partial charge in [-0.25, -0.2) is 0 Å². The largest absolute Gasteiger partial charge is 0.334 e. The van der Waals surface area contributed by atoms with Crippen LogP contribution in [-0.4, -0.2) is 10.1 Å². The van der Waals surface area contributed by atoms with Gasteiger partial charge in [0, 0.05) is 5.56 Å². The Morgan fingerprint density at radius 2 is 2.06 bits per heavy atom. The normalized spacial score (nSPS) is 12.7. The van der Waals surface area contributed by atoms with Crippen molar-refractivity contribution in [1.29, 1.82) is 0 Å². The molecule has 0 bridgehead atoms. The summed E-state index contributed by atoms with van der Waals surface area (Å²) in [5.41, 5.74) is 0.725. The first-order valence-corrected chi connectivity index (χ1v) is 6.74. The second-order valence-electron chi connectivity index (χ2n) is 3.84. The number of hydrogen-bond donors (Lipinski definition) is 0. The molecule has 6 heteroatoms. The Balaban J connectivity index is 2.26. The molecule has 0 aliphatic heterocycles. The van der Waals surface area contributed by atoms with Gasteiger partial charge in [0.25, 0.3) is 5.89 Å². The molecule has 2 rings (SSSR count). The van der Waals surface area contributed by atoms with Crippen LogP contribution in [0.2, 0.25) is 10.0 Å². The van der Waals surface area contributed by atoms with E-state index in [1.54, 1.807) is 18.2 Å². The first-order valence-electron chi connectivity index (χ1n) is 5.55. The van der Waals surface area contributed by atoms with E-state index >= 15 is 0 Å². The summed E-state index contributed by atoms with van der Waals surface area (Å²) in [6.07, 6.45) is 1.77. The Morgan fingerprint density at radius 1 is 1.28 bits per heavy atom. The third-order valence-corrected chi connectivity index (χ3v) is 3.58. The molecular formula is C12H11Cl3N2O. The van der Waals surface area contributed by atoms with Gasteiger partial charge in [-0.3, -0.25) is 0 Å². The molecule has 0 radical (unpaired) electrons. The monoisotopic (exact) mass is 304 g/mol. The lowest BCUT2D eigenvalue weighted by Gasteiger charge is -2.00. The van der Waals surface area contributed by atoms with E-state index in [0.717, 1.165) is 18.4 Å². The van der Waals surface area contributed by atoms with Crippen molar-refractivity contribution >= 4 is 34.8 Å². The Labute approximate surface area is 120 Å². The van der Waals surface area contributed by atoms with E-state index in [9.17, 15) is 0 Å². The summed E-state index contributed by atoms with van der Waals surface area (Å²) in [7, 11) is 0. The molecule has 1 atom stereocenters. The molecule has 0 saturated carbocycles. The van der Waals surface area contributed by atoms with Gasteiger partial charge in [-0.2, -0.15) is 4.98 Å². The van der Waals surface area contributed by atoms with E-state index in [-0.39, 0.29) is 5.38 Å². The maximum absolute atomic E-state index is 6.13. The Kier molecular flexibility index (Phi) is 4.49. The number of hydrogen-bond acceptors (Lipinski definition) is 3. The van der Waals surface area contributed by atoms with Crippen LogP contribution >= 0.6 is 34.8 Å². The zero-order valence-electron chi connectivity index (χ0n) is 9.66. The lowest BCUT2D eigenvalue weighted by molar-refractivity contribution is 0.420. The smallest absolute Gasteiger partial charge is 0.258 e. The topological polar surface area (TPSA) is 38.9 Å². The lowest BCUT2D eigenvalue weighted by atomic mass is 10.2. The minimum absolute atomic E-state index is 0.227. The number of rotatable bonds is 4. The van der Waals surface area contributed by atoms with E-state index in [2.05, 4.69) is 17.1 Å². The molecule has 1 heterocycles. The number of alkyl halides is 1. The second kappa shape index (κ2) is 5.91. The van der Waals surface area contributed by atoms with Crippen molar-refractivity contribution in [3.63, 3.8) is 0 Å². The first kappa shape index (κ1) is 13.7. The number of halogens is 3. The van der Waals surface area contributed by atoms with Crippen LogP contribution in [0.3, 0.4) is 0 Å². The lowest BCUT2D eigenvalue weighted by Crippen LogP contribution is -1.92. The van der Waals surface area contributed by atoms with Crippen LogP contribution in [0.5, 0.6) is 0 Å². The molecule has 0 N–H and O–H groups in total. The molecule has 0 aliphatic rings. The molecule has 1 unspecified atom stereocenters. The van der Waals surface area contributed by atoms with Crippen LogP contribution in [0.25, 0.3) is 11.5 Å². The highest BCUT2D eigenvalue weighted by Crippen LogP contribution is 2.29. The quantitative estimate of drug-likeness (QED) is 0.736. The van der Waals surface area contributed by atoms with Gasteiger partial charge in [0.1, 0.15) is 0 Å². The van der Waals surface area contributed by atoms with Crippen molar-refractivity contribution in [2.24, 2.45) is 0 Å². The standard InChI is InChI=1S/C12H11Cl3N2O/c1-2-3-9(14)11-16-12(18-17-11)7-4-5-8(13)10(15)6-7/h4-6,9H,2-3H2,1H3. The van der Waals surface area contributed by atoms with Gasteiger partial charge in [-0.05, 0) is 24.6 Å². The molecule has 0 aliphatic carbocycles. The SMILES string of the molecule is CCCC(Cl)c1noc(-c2ccc(Cl)c(Cl)c2)n1. The Bertz CT molecular complexity index is 542. The van der Waals surface area contributed by atoms with Crippen LogP contribution in [0.1, 0.15) is 31.0 Å². The molecule has 0 amide bonds. The summed E-state index contributed by atoms with van der Waals surface area (Å²) >= 11 is 17.9. The summed E-state index contributed by atoms with van der Waals surface area (Å²) in [6.45, 7) is 2.05. The summed E-state index contributed by atoms with van der Waals surface area (Å²) in [5, 5.41) is 4.58. The van der Waals surface area contributed by atoms with Gasteiger partial charge >= 0.3 is 0 Å². The number of aromatic nitrogens is 2. The predicted octanol–water partition coefficient (Wildman–Crippen LogP) is 5.12. The third kappa shape index (κ3) is 2.97. The zero-order chi connectivity index (χ0) is 13.1. The van der Waals surface area contributed by atoms with Gasteiger partial charge in [0.05, 0.1) is 15.4 Å². The maximum Gasteiger partial charge on any atom is 0.258 e. The highest BCUT2D eigenvalue weighted by atomic mass is 35.5. The molecule has 0 spiro atoms. The van der Waals surface area contributed by atoms with E-state index in [1.165, 1.54) is 0 Å². The van der Waals surface area contributed by atoms with Gasteiger partial charge < -0.3 is 4.52 Å². The van der Waals surface area contributed by atoms with Crippen molar-refractivity contribution in [2.75, 3.05) is 0 Å². The van der Waals surface area contributed by atoms with E-state index in [4.69, 9.17) is 39.3 Å². The van der Waals surface area contributed by atoms with Gasteiger partial charge in [0.2, 0.25) is 0 Å². The Hall–Kier alpha value is -0.770. The summed E-state index contributed by atoms with van der Waals surface area (Å²) in [6, 6.07) is 5.14. The fourth-order valence-electron chi connectivity index (χ4n) is 1.49. The van der Waals surface area contributed by atoms with Gasteiger partial charge in [0.15, 0.2) is 5.82 Å².